The summed E-state index contributed by atoms with van der Waals surface area (Å²) in [5.74, 6) is -0.613. The van der Waals surface area contributed by atoms with E-state index < -0.39 is 17.6 Å². The van der Waals surface area contributed by atoms with Gasteiger partial charge in [-0.25, -0.2) is 4.39 Å². The molecule has 0 aromatic carbocycles. The largest absolute Gasteiger partial charge is 0.412 e. The van der Waals surface area contributed by atoms with E-state index in [1.165, 1.54) is 0 Å². The fraction of sp³-hybridized carbons (Fsp3) is 0.286. The van der Waals surface area contributed by atoms with Gasteiger partial charge in [0, 0.05) is 12.0 Å². The van der Waals surface area contributed by atoms with E-state index in [-0.39, 0.29) is 6.42 Å². The molecule has 0 heterocycles. The van der Waals surface area contributed by atoms with Gasteiger partial charge in [-0.1, -0.05) is 6.08 Å². The first-order valence-electron chi connectivity index (χ1n) is 2.97. The van der Waals surface area contributed by atoms with E-state index in [2.05, 4.69) is 0 Å². The number of hydrogen-bond donors (Lipinski definition) is 0. The maximum atomic E-state index is 12.1. The molecule has 0 aliphatic heterocycles. The number of hydrogen-bond acceptors (Lipinski definition) is 0. The lowest BCUT2D eigenvalue weighted by molar-refractivity contribution is -0.0933. The summed E-state index contributed by atoms with van der Waals surface area (Å²) in [6.07, 6.45) is -2.22. The van der Waals surface area contributed by atoms with Crippen LogP contribution in [0.15, 0.2) is 23.6 Å². The van der Waals surface area contributed by atoms with Crippen LogP contribution in [0.3, 0.4) is 0 Å². The first kappa shape index (κ1) is 8.30. The summed E-state index contributed by atoms with van der Waals surface area (Å²) < 4.78 is 47.6. The highest BCUT2D eigenvalue weighted by molar-refractivity contribution is 5.29. The summed E-state index contributed by atoms with van der Waals surface area (Å²) in [5, 5.41) is 0. The van der Waals surface area contributed by atoms with Crippen LogP contribution in [-0.2, 0) is 0 Å². The molecule has 1 rings (SSSR count). The Balaban J connectivity index is 2.77. The van der Waals surface area contributed by atoms with Gasteiger partial charge in [0.25, 0.3) is 0 Å². The van der Waals surface area contributed by atoms with E-state index in [1.54, 1.807) is 0 Å². The molecule has 1 aliphatic carbocycles. The molecular formula is C7H5F4. The van der Waals surface area contributed by atoms with Gasteiger partial charge in [0.05, 0.1) is 0 Å². The predicted molar refractivity (Wildman–Crippen MR) is 32.2 cm³/mol. The molecule has 0 aromatic rings. The van der Waals surface area contributed by atoms with Crippen molar-refractivity contribution in [2.45, 2.75) is 12.6 Å². The number of alkyl halides is 3. The Kier molecular flexibility index (Phi) is 2.02. The molecule has 0 saturated heterocycles. The second-order valence-electron chi connectivity index (χ2n) is 2.15. The van der Waals surface area contributed by atoms with E-state index in [4.69, 9.17) is 0 Å². The molecule has 0 aromatic heterocycles. The molecule has 61 valence electrons. The van der Waals surface area contributed by atoms with Crippen molar-refractivity contribution in [2.24, 2.45) is 0 Å². The van der Waals surface area contributed by atoms with Gasteiger partial charge in [-0.15, -0.1) is 0 Å². The average molecular weight is 165 g/mol. The molecule has 0 unspecified atom stereocenters. The highest BCUT2D eigenvalue weighted by atomic mass is 19.4. The first-order valence-corrected chi connectivity index (χ1v) is 2.97. The molecule has 4 heteroatoms. The summed E-state index contributed by atoms with van der Waals surface area (Å²) >= 11 is 0. The lowest BCUT2D eigenvalue weighted by Crippen LogP contribution is -2.13. The normalized spacial score (nSPS) is 19.3. The van der Waals surface area contributed by atoms with Crippen LogP contribution in [-0.4, -0.2) is 6.18 Å². The molecule has 11 heavy (non-hydrogen) atoms. The van der Waals surface area contributed by atoms with Crippen LogP contribution in [0.2, 0.25) is 0 Å². The quantitative estimate of drug-likeness (QED) is 0.484. The topological polar surface area (TPSA) is 0 Å². The zero-order valence-corrected chi connectivity index (χ0v) is 5.45. The van der Waals surface area contributed by atoms with Crippen molar-refractivity contribution in [1.82, 2.24) is 0 Å². The molecule has 0 bridgehead atoms. The van der Waals surface area contributed by atoms with E-state index in [1.807, 2.05) is 0 Å². The van der Waals surface area contributed by atoms with E-state index in [0.29, 0.717) is 0 Å². The highest BCUT2D eigenvalue weighted by Crippen LogP contribution is 2.32. The molecule has 0 spiro atoms. The van der Waals surface area contributed by atoms with Gasteiger partial charge in [0.1, 0.15) is 5.83 Å². The minimum atomic E-state index is -4.33. The smallest absolute Gasteiger partial charge is 0.211 e. The van der Waals surface area contributed by atoms with Crippen LogP contribution in [0.4, 0.5) is 17.6 Å². The Morgan fingerprint density at radius 1 is 1.18 bits per heavy atom. The minimum Gasteiger partial charge on any atom is -0.211 e. The third-order valence-electron chi connectivity index (χ3n) is 1.32. The van der Waals surface area contributed by atoms with Crippen molar-refractivity contribution in [3.05, 3.63) is 30.0 Å². The molecule has 0 nitrogen and oxygen atoms in total. The Hall–Kier alpha value is -0.800. The third kappa shape index (κ3) is 2.06. The number of rotatable bonds is 0. The SMILES string of the molecule is FC1=CC=C(C(F)(F)F)C[CH]1. The monoisotopic (exact) mass is 165 g/mol. The Labute approximate surface area is 61.2 Å². The maximum absolute atomic E-state index is 12.1. The minimum absolute atomic E-state index is 0.369. The lowest BCUT2D eigenvalue weighted by Gasteiger charge is -2.12. The molecule has 1 aliphatic rings. The summed E-state index contributed by atoms with van der Waals surface area (Å²) in [7, 11) is 0. The molecule has 0 amide bonds. The summed E-state index contributed by atoms with van der Waals surface area (Å²) in [5.41, 5.74) is -0.709. The first-order chi connectivity index (χ1) is 5.00. The zero-order chi connectivity index (χ0) is 8.48. The van der Waals surface area contributed by atoms with Crippen molar-refractivity contribution in [3.8, 4) is 0 Å². The molecular weight excluding hydrogens is 160 g/mol. The molecule has 0 fully saturated rings. The van der Waals surface area contributed by atoms with Crippen molar-refractivity contribution < 1.29 is 17.6 Å². The fourth-order valence-electron chi connectivity index (χ4n) is 0.734. The maximum Gasteiger partial charge on any atom is 0.412 e. The van der Waals surface area contributed by atoms with Crippen LogP contribution in [0, 0.1) is 6.42 Å². The van der Waals surface area contributed by atoms with Crippen molar-refractivity contribution in [1.29, 1.82) is 0 Å². The summed E-state index contributed by atoms with van der Waals surface area (Å²) in [6, 6.07) is 0. The fourth-order valence-corrected chi connectivity index (χ4v) is 0.734. The van der Waals surface area contributed by atoms with Gasteiger partial charge in [0.15, 0.2) is 0 Å². The standard InChI is InChI=1S/C7H5F4/c8-6-3-1-5(2-4-6)7(9,10)11/h1,3-4H,2H2. The predicted octanol–water partition coefficient (Wildman–Crippen LogP) is 2.94. The molecule has 0 atom stereocenters. The van der Waals surface area contributed by atoms with Gasteiger partial charge >= 0.3 is 6.18 Å². The van der Waals surface area contributed by atoms with E-state index >= 15 is 0 Å². The molecule has 0 N–H and O–H groups in total. The van der Waals surface area contributed by atoms with Crippen molar-refractivity contribution >= 4 is 0 Å². The number of allylic oxidation sites excluding steroid dienone is 4. The van der Waals surface area contributed by atoms with Crippen LogP contribution < -0.4 is 0 Å². The highest BCUT2D eigenvalue weighted by Gasteiger charge is 2.33. The van der Waals surface area contributed by atoms with Crippen LogP contribution >= 0.6 is 0 Å². The Morgan fingerprint density at radius 2 is 1.82 bits per heavy atom. The summed E-state index contributed by atoms with van der Waals surface area (Å²) in [4.78, 5) is 0. The second kappa shape index (κ2) is 2.68. The summed E-state index contributed by atoms with van der Waals surface area (Å²) in [6.45, 7) is 0. The second-order valence-corrected chi connectivity index (χ2v) is 2.15. The Bertz CT molecular complexity index is 209. The van der Waals surface area contributed by atoms with Gasteiger partial charge in [0.2, 0.25) is 0 Å². The van der Waals surface area contributed by atoms with Gasteiger partial charge in [-0.2, -0.15) is 13.2 Å². The van der Waals surface area contributed by atoms with Gasteiger partial charge in [-0.05, 0) is 12.5 Å². The van der Waals surface area contributed by atoms with Gasteiger partial charge < -0.3 is 0 Å². The third-order valence-corrected chi connectivity index (χ3v) is 1.32. The lowest BCUT2D eigenvalue weighted by atomic mass is 10.0. The number of halogens is 4. The Morgan fingerprint density at radius 3 is 2.18 bits per heavy atom. The van der Waals surface area contributed by atoms with Gasteiger partial charge in [-0.3, -0.25) is 0 Å². The van der Waals surface area contributed by atoms with Crippen LogP contribution in [0.1, 0.15) is 6.42 Å². The van der Waals surface area contributed by atoms with Crippen LogP contribution in [0.5, 0.6) is 0 Å². The van der Waals surface area contributed by atoms with Crippen molar-refractivity contribution in [3.63, 3.8) is 0 Å². The molecule has 0 saturated carbocycles. The van der Waals surface area contributed by atoms with E-state index in [9.17, 15) is 17.6 Å². The average Bonchev–Trinajstić information content (AvgIpc) is 1.86. The van der Waals surface area contributed by atoms with Crippen molar-refractivity contribution in [2.75, 3.05) is 0 Å². The molecule has 1 radical (unpaired) electrons. The zero-order valence-electron chi connectivity index (χ0n) is 5.45. The van der Waals surface area contributed by atoms with E-state index in [0.717, 1.165) is 18.6 Å². The van der Waals surface area contributed by atoms with Crippen LogP contribution in [0.25, 0.3) is 0 Å².